The van der Waals surface area contributed by atoms with Crippen molar-refractivity contribution in [3.05, 3.63) is 34.3 Å². The van der Waals surface area contributed by atoms with Crippen LogP contribution in [0.15, 0.2) is 22.7 Å². The van der Waals surface area contributed by atoms with Gasteiger partial charge in [-0.25, -0.2) is 9.37 Å². The molecular formula is C15H17BrFN3. The fraction of sp³-hybridized carbons (Fsp3) is 0.400. The summed E-state index contributed by atoms with van der Waals surface area (Å²) >= 11 is 3.21. The molecule has 1 aliphatic carbocycles. The van der Waals surface area contributed by atoms with E-state index in [2.05, 4.69) is 27.4 Å². The zero-order chi connectivity index (χ0) is 14.3. The second-order valence-corrected chi connectivity index (χ2v) is 6.11. The van der Waals surface area contributed by atoms with E-state index in [0.717, 1.165) is 30.0 Å². The van der Waals surface area contributed by atoms with Gasteiger partial charge in [-0.1, -0.05) is 6.92 Å². The van der Waals surface area contributed by atoms with Gasteiger partial charge in [-0.15, -0.1) is 0 Å². The second-order valence-electron chi connectivity index (χ2n) is 5.26. The molecule has 1 fully saturated rings. The van der Waals surface area contributed by atoms with E-state index in [9.17, 15) is 4.39 Å². The molecule has 2 aromatic rings. The minimum absolute atomic E-state index is 0.275. The van der Waals surface area contributed by atoms with Crippen LogP contribution in [0.1, 0.15) is 37.9 Å². The Bertz CT molecular complexity index is 647. The monoisotopic (exact) mass is 337 g/mol. The average Bonchev–Trinajstić information content (AvgIpc) is 3.21. The van der Waals surface area contributed by atoms with Gasteiger partial charge < -0.3 is 10.3 Å². The summed E-state index contributed by atoms with van der Waals surface area (Å²) in [5.74, 6) is 2.04. The summed E-state index contributed by atoms with van der Waals surface area (Å²) in [6, 6.07) is 4.90. The number of hydrogen-bond donors (Lipinski definition) is 1. The maximum absolute atomic E-state index is 13.4. The highest BCUT2D eigenvalue weighted by Crippen LogP contribution is 2.42. The van der Waals surface area contributed by atoms with Crippen LogP contribution in [0.25, 0.3) is 11.3 Å². The first-order valence-electron chi connectivity index (χ1n) is 6.93. The van der Waals surface area contributed by atoms with Gasteiger partial charge in [0.15, 0.2) is 0 Å². The zero-order valence-corrected chi connectivity index (χ0v) is 13.0. The first-order chi connectivity index (χ1) is 9.61. The summed E-state index contributed by atoms with van der Waals surface area (Å²) in [6.07, 6.45) is 3.40. The van der Waals surface area contributed by atoms with Gasteiger partial charge in [-0.3, -0.25) is 0 Å². The Hall–Kier alpha value is -1.36. The summed E-state index contributed by atoms with van der Waals surface area (Å²) < 4.78 is 15.9. The van der Waals surface area contributed by atoms with Crippen molar-refractivity contribution in [2.24, 2.45) is 0 Å². The zero-order valence-electron chi connectivity index (χ0n) is 11.4. The predicted octanol–water partition coefficient (Wildman–Crippen LogP) is 4.32. The Morgan fingerprint density at radius 2 is 2.20 bits per heavy atom. The number of nitrogen functional groups attached to an aromatic ring is 1. The molecule has 2 N–H and O–H groups in total. The van der Waals surface area contributed by atoms with Crippen LogP contribution in [0.5, 0.6) is 0 Å². The predicted molar refractivity (Wildman–Crippen MR) is 82.0 cm³/mol. The molecule has 0 amide bonds. The molecule has 106 valence electrons. The summed E-state index contributed by atoms with van der Waals surface area (Å²) in [6.45, 7) is 3.01. The second kappa shape index (κ2) is 5.20. The molecule has 1 saturated carbocycles. The highest BCUT2D eigenvalue weighted by Gasteiger charge is 2.30. The van der Waals surface area contributed by atoms with Crippen LogP contribution >= 0.6 is 15.9 Å². The molecule has 1 aromatic carbocycles. The third-order valence-corrected chi connectivity index (χ3v) is 4.23. The normalized spacial score (nSPS) is 14.8. The number of anilines is 1. The average molecular weight is 338 g/mol. The van der Waals surface area contributed by atoms with Crippen LogP contribution in [0.2, 0.25) is 0 Å². The quantitative estimate of drug-likeness (QED) is 0.902. The van der Waals surface area contributed by atoms with Crippen molar-refractivity contribution >= 4 is 21.7 Å². The van der Waals surface area contributed by atoms with E-state index in [4.69, 9.17) is 10.7 Å². The molecule has 0 atom stereocenters. The number of imidazole rings is 1. The largest absolute Gasteiger partial charge is 0.383 e. The van der Waals surface area contributed by atoms with E-state index in [1.807, 2.05) is 0 Å². The van der Waals surface area contributed by atoms with Crippen molar-refractivity contribution in [1.29, 1.82) is 0 Å². The van der Waals surface area contributed by atoms with Crippen molar-refractivity contribution < 1.29 is 4.39 Å². The van der Waals surface area contributed by atoms with Gasteiger partial charge in [0.1, 0.15) is 23.2 Å². The molecule has 0 spiro atoms. The number of benzene rings is 1. The number of nitrogens with zero attached hydrogens (tertiary/aromatic N) is 2. The third-order valence-electron chi connectivity index (χ3n) is 3.62. The topological polar surface area (TPSA) is 43.8 Å². The fourth-order valence-corrected chi connectivity index (χ4v) is 2.83. The number of nitrogens with two attached hydrogens (primary N) is 1. The maximum atomic E-state index is 13.4. The minimum atomic E-state index is -0.275. The van der Waals surface area contributed by atoms with Crippen molar-refractivity contribution in [3.8, 4) is 11.3 Å². The molecule has 1 aromatic heterocycles. The standard InChI is InChI=1S/C15H17BrFN3/c1-2-7-20-14(18)13(19-15(20)9-3-4-9)10-5-6-12(17)11(16)8-10/h5-6,8-9H,2-4,7,18H2,1H3. The SMILES string of the molecule is CCCn1c(C2CC2)nc(-c2ccc(F)c(Br)c2)c1N. The van der Waals surface area contributed by atoms with Gasteiger partial charge in [0.2, 0.25) is 0 Å². The molecule has 0 bridgehead atoms. The lowest BCUT2D eigenvalue weighted by molar-refractivity contribution is 0.621. The van der Waals surface area contributed by atoms with Crippen molar-refractivity contribution in [2.45, 2.75) is 38.6 Å². The van der Waals surface area contributed by atoms with Gasteiger partial charge in [0.25, 0.3) is 0 Å². The van der Waals surface area contributed by atoms with Crippen LogP contribution in [0, 0.1) is 5.82 Å². The Kier molecular flexibility index (Phi) is 3.54. The van der Waals surface area contributed by atoms with Crippen molar-refractivity contribution in [3.63, 3.8) is 0 Å². The Balaban J connectivity index is 2.08. The first-order valence-corrected chi connectivity index (χ1v) is 7.72. The molecule has 0 radical (unpaired) electrons. The molecular weight excluding hydrogens is 321 g/mol. The van der Waals surface area contributed by atoms with Gasteiger partial charge >= 0.3 is 0 Å². The highest BCUT2D eigenvalue weighted by molar-refractivity contribution is 9.10. The molecule has 3 nitrogen and oxygen atoms in total. The van der Waals surface area contributed by atoms with Gasteiger partial charge in [-0.05, 0) is 53.4 Å². The summed E-state index contributed by atoms with van der Waals surface area (Å²) in [5.41, 5.74) is 7.89. The fourth-order valence-electron chi connectivity index (χ4n) is 2.45. The number of hydrogen-bond acceptors (Lipinski definition) is 2. The number of halogens is 2. The van der Waals surface area contributed by atoms with E-state index < -0.39 is 0 Å². The van der Waals surface area contributed by atoms with E-state index in [0.29, 0.717) is 16.2 Å². The molecule has 1 heterocycles. The Morgan fingerprint density at radius 3 is 2.80 bits per heavy atom. The Morgan fingerprint density at radius 1 is 1.45 bits per heavy atom. The van der Waals surface area contributed by atoms with Gasteiger partial charge in [0, 0.05) is 18.0 Å². The molecule has 0 aliphatic heterocycles. The van der Waals surface area contributed by atoms with Crippen LogP contribution < -0.4 is 5.73 Å². The third kappa shape index (κ3) is 2.35. The van der Waals surface area contributed by atoms with E-state index in [-0.39, 0.29) is 5.82 Å². The smallest absolute Gasteiger partial charge is 0.137 e. The van der Waals surface area contributed by atoms with Crippen LogP contribution in [0.3, 0.4) is 0 Å². The maximum Gasteiger partial charge on any atom is 0.137 e. The summed E-state index contributed by atoms with van der Waals surface area (Å²) in [4.78, 5) is 4.73. The van der Waals surface area contributed by atoms with Gasteiger partial charge in [-0.2, -0.15) is 0 Å². The van der Waals surface area contributed by atoms with Crippen LogP contribution in [-0.4, -0.2) is 9.55 Å². The lowest BCUT2D eigenvalue weighted by Gasteiger charge is -2.07. The summed E-state index contributed by atoms with van der Waals surface area (Å²) in [7, 11) is 0. The molecule has 5 heteroatoms. The molecule has 20 heavy (non-hydrogen) atoms. The van der Waals surface area contributed by atoms with Gasteiger partial charge in [0.05, 0.1) is 4.47 Å². The summed E-state index contributed by atoms with van der Waals surface area (Å²) in [5, 5.41) is 0. The lowest BCUT2D eigenvalue weighted by Crippen LogP contribution is -2.06. The first kappa shape index (κ1) is 13.6. The molecule has 1 aliphatic rings. The van der Waals surface area contributed by atoms with E-state index in [1.54, 1.807) is 12.1 Å². The number of aromatic nitrogens is 2. The number of rotatable bonds is 4. The minimum Gasteiger partial charge on any atom is -0.383 e. The molecule has 0 saturated heterocycles. The van der Waals surface area contributed by atoms with E-state index >= 15 is 0 Å². The molecule has 0 unspecified atom stereocenters. The van der Waals surface area contributed by atoms with Crippen LogP contribution in [0.4, 0.5) is 10.2 Å². The Labute approximate surface area is 126 Å². The lowest BCUT2D eigenvalue weighted by atomic mass is 10.1. The highest BCUT2D eigenvalue weighted by atomic mass is 79.9. The van der Waals surface area contributed by atoms with E-state index in [1.165, 1.54) is 18.9 Å². The van der Waals surface area contributed by atoms with Crippen LogP contribution in [-0.2, 0) is 6.54 Å². The van der Waals surface area contributed by atoms with Crippen molar-refractivity contribution in [1.82, 2.24) is 9.55 Å². The van der Waals surface area contributed by atoms with Crippen molar-refractivity contribution in [2.75, 3.05) is 5.73 Å². The molecule has 3 rings (SSSR count).